The van der Waals surface area contributed by atoms with Crippen LogP contribution in [0.4, 0.5) is 4.79 Å². The molecule has 2 aromatic heterocycles. The summed E-state index contributed by atoms with van der Waals surface area (Å²) < 4.78 is 0. The van der Waals surface area contributed by atoms with Crippen LogP contribution in [0.15, 0.2) is 18.3 Å². The number of fused-ring (bicyclic) bond motifs is 1. The molecule has 0 saturated heterocycles. The molecule has 0 aromatic carbocycles. The first kappa shape index (κ1) is 14.0. The van der Waals surface area contributed by atoms with E-state index in [2.05, 4.69) is 9.97 Å². The smallest absolute Gasteiger partial charge is 0.415 e. The van der Waals surface area contributed by atoms with Crippen molar-refractivity contribution in [1.82, 2.24) is 14.9 Å². The maximum atomic E-state index is 12.3. The van der Waals surface area contributed by atoms with Crippen LogP contribution in [0, 0.1) is 0 Å². The highest BCUT2D eigenvalue weighted by Crippen LogP contribution is 2.45. The van der Waals surface area contributed by atoms with E-state index >= 15 is 0 Å². The molecule has 0 spiro atoms. The molecule has 1 aliphatic heterocycles. The zero-order chi connectivity index (χ0) is 15.4. The number of carbonyl (C=O) groups is 2. The van der Waals surface area contributed by atoms with E-state index in [0.717, 1.165) is 9.78 Å². The summed E-state index contributed by atoms with van der Waals surface area (Å²) in [5.74, 6) is -0.509. The highest BCUT2D eigenvalue weighted by atomic mass is 35.5. The molecule has 3 heterocycles. The summed E-state index contributed by atoms with van der Waals surface area (Å²) >= 11 is 7.11. The number of hydrogen-bond acceptors (Lipinski definition) is 5. The second-order valence-corrected chi connectivity index (χ2v) is 6.44. The Bertz CT molecular complexity index is 772. The quantitative estimate of drug-likeness (QED) is 0.814. The van der Waals surface area contributed by atoms with E-state index in [9.17, 15) is 14.7 Å². The minimum absolute atomic E-state index is 0.124. The summed E-state index contributed by atoms with van der Waals surface area (Å²) in [7, 11) is 0. The maximum Gasteiger partial charge on any atom is 0.415 e. The third kappa shape index (κ3) is 2.00. The molecule has 0 bridgehead atoms. The van der Waals surface area contributed by atoms with Crippen molar-refractivity contribution in [1.29, 1.82) is 0 Å². The molecule has 108 valence electrons. The minimum atomic E-state index is -1.25. The molecule has 0 unspecified atom stereocenters. The van der Waals surface area contributed by atoms with Crippen molar-refractivity contribution in [2.75, 3.05) is 0 Å². The van der Waals surface area contributed by atoms with Crippen LogP contribution >= 0.6 is 22.9 Å². The fourth-order valence-electron chi connectivity index (χ4n) is 2.40. The van der Waals surface area contributed by atoms with E-state index in [1.807, 2.05) is 0 Å². The van der Waals surface area contributed by atoms with E-state index in [1.54, 1.807) is 26.0 Å². The van der Waals surface area contributed by atoms with Crippen molar-refractivity contribution in [3.05, 3.63) is 34.1 Å². The number of rotatable bonds is 1. The van der Waals surface area contributed by atoms with Crippen LogP contribution in [0.2, 0.25) is 5.28 Å². The normalized spacial score (nSPS) is 16.1. The van der Waals surface area contributed by atoms with Crippen molar-refractivity contribution >= 4 is 34.9 Å². The number of carbonyl (C=O) groups excluding carboxylic acids is 1. The summed E-state index contributed by atoms with van der Waals surface area (Å²) in [5, 5.41) is 9.33. The largest absolute Gasteiger partial charge is 0.465 e. The molecule has 2 aromatic rings. The lowest BCUT2D eigenvalue weighted by atomic mass is 10.0. The third-order valence-corrected chi connectivity index (χ3v) is 5.00. The molecule has 1 N–H and O–H groups in total. The second-order valence-electron chi connectivity index (χ2n) is 5.05. The fourth-order valence-corrected chi connectivity index (χ4v) is 3.76. The average molecular weight is 324 g/mol. The molecular weight excluding hydrogens is 314 g/mol. The first-order valence-corrected chi connectivity index (χ1v) is 7.22. The van der Waals surface area contributed by atoms with Crippen molar-refractivity contribution in [2.45, 2.75) is 19.4 Å². The summed E-state index contributed by atoms with van der Waals surface area (Å²) in [4.78, 5) is 33.8. The van der Waals surface area contributed by atoms with Crippen molar-refractivity contribution in [3.63, 3.8) is 0 Å². The van der Waals surface area contributed by atoms with E-state index in [-0.39, 0.29) is 5.28 Å². The number of halogens is 1. The molecule has 0 radical (unpaired) electrons. The van der Waals surface area contributed by atoms with Gasteiger partial charge in [-0.15, -0.1) is 11.3 Å². The van der Waals surface area contributed by atoms with E-state index in [4.69, 9.17) is 11.6 Å². The summed E-state index contributed by atoms with van der Waals surface area (Å²) in [6.45, 7) is 3.41. The van der Waals surface area contributed by atoms with Gasteiger partial charge in [-0.05, 0) is 37.6 Å². The molecule has 21 heavy (non-hydrogen) atoms. The number of carboxylic acid groups (broad SMARTS) is 1. The highest BCUT2D eigenvalue weighted by Gasteiger charge is 2.48. The monoisotopic (exact) mass is 323 g/mol. The van der Waals surface area contributed by atoms with Crippen LogP contribution < -0.4 is 0 Å². The SMILES string of the molecule is CC1(C)c2sc(-c3ccnc(Cl)n3)cc2C(=O)N1C(=O)O. The number of aromatic nitrogens is 2. The second kappa shape index (κ2) is 4.51. The first-order valence-electron chi connectivity index (χ1n) is 6.03. The van der Waals surface area contributed by atoms with Gasteiger partial charge < -0.3 is 5.11 Å². The molecule has 0 saturated carbocycles. The predicted octanol–water partition coefficient (Wildman–Crippen LogP) is 3.23. The summed E-state index contributed by atoms with van der Waals surface area (Å²) in [6.07, 6.45) is 0.284. The molecule has 0 fully saturated rings. The minimum Gasteiger partial charge on any atom is -0.465 e. The Morgan fingerprint density at radius 3 is 2.76 bits per heavy atom. The van der Waals surface area contributed by atoms with Gasteiger partial charge in [0, 0.05) is 11.1 Å². The van der Waals surface area contributed by atoms with Crippen molar-refractivity contribution in [3.8, 4) is 10.6 Å². The van der Waals surface area contributed by atoms with Gasteiger partial charge in [0.15, 0.2) is 0 Å². The standard InChI is InChI=1S/C13H10ClN3O3S/c1-13(2)9-6(10(18)17(13)12(19)20)5-8(21-9)7-3-4-15-11(14)16-7/h3-5H,1-2H3,(H,19,20). The number of nitrogens with zero attached hydrogens (tertiary/aromatic N) is 3. The molecule has 0 aliphatic carbocycles. The Kier molecular flexibility index (Phi) is 3.00. The van der Waals surface area contributed by atoms with E-state index in [0.29, 0.717) is 16.1 Å². The Labute approximate surface area is 129 Å². The van der Waals surface area contributed by atoms with Crippen molar-refractivity contribution < 1.29 is 14.7 Å². The first-order chi connectivity index (χ1) is 9.82. The van der Waals surface area contributed by atoms with Gasteiger partial charge in [0.05, 0.1) is 21.7 Å². The van der Waals surface area contributed by atoms with Gasteiger partial charge in [-0.3, -0.25) is 4.79 Å². The van der Waals surface area contributed by atoms with E-state index in [1.165, 1.54) is 17.5 Å². The van der Waals surface area contributed by atoms with Crippen LogP contribution in [0.3, 0.4) is 0 Å². The molecular formula is C13H10ClN3O3S. The third-order valence-electron chi connectivity index (χ3n) is 3.35. The van der Waals surface area contributed by atoms with Gasteiger partial charge in [-0.1, -0.05) is 0 Å². The van der Waals surface area contributed by atoms with Gasteiger partial charge in [-0.25, -0.2) is 19.7 Å². The Morgan fingerprint density at radius 1 is 1.48 bits per heavy atom. The topological polar surface area (TPSA) is 83.4 Å². The Balaban J connectivity index is 2.12. The van der Waals surface area contributed by atoms with Gasteiger partial charge in [0.25, 0.3) is 5.91 Å². The van der Waals surface area contributed by atoms with Gasteiger partial charge in [0.2, 0.25) is 5.28 Å². The molecule has 0 atom stereocenters. The number of imide groups is 1. The lowest BCUT2D eigenvalue weighted by molar-refractivity contribution is 0.0613. The zero-order valence-electron chi connectivity index (χ0n) is 11.1. The Morgan fingerprint density at radius 2 is 2.19 bits per heavy atom. The molecule has 3 rings (SSSR count). The lowest BCUT2D eigenvalue weighted by Crippen LogP contribution is -2.42. The number of hydrogen-bond donors (Lipinski definition) is 1. The van der Waals surface area contributed by atoms with Crippen LogP contribution in [0.25, 0.3) is 10.6 Å². The van der Waals surface area contributed by atoms with Gasteiger partial charge >= 0.3 is 6.09 Å². The van der Waals surface area contributed by atoms with Gasteiger partial charge in [0.1, 0.15) is 0 Å². The average Bonchev–Trinajstić information content (AvgIpc) is 2.89. The van der Waals surface area contributed by atoms with Crippen LogP contribution in [0.1, 0.15) is 29.1 Å². The Hall–Kier alpha value is -1.99. The number of thiophene rings is 1. The molecule has 2 amide bonds. The predicted molar refractivity (Wildman–Crippen MR) is 77.6 cm³/mol. The summed E-state index contributed by atoms with van der Waals surface area (Å²) in [5.41, 5.74) is 0.120. The molecule has 1 aliphatic rings. The van der Waals surface area contributed by atoms with Crippen LogP contribution in [-0.2, 0) is 5.54 Å². The van der Waals surface area contributed by atoms with Gasteiger partial charge in [-0.2, -0.15) is 0 Å². The van der Waals surface area contributed by atoms with Crippen LogP contribution in [-0.4, -0.2) is 32.0 Å². The zero-order valence-corrected chi connectivity index (χ0v) is 12.7. The maximum absolute atomic E-state index is 12.3. The number of amides is 2. The molecule has 6 nitrogen and oxygen atoms in total. The molecule has 8 heteroatoms. The fraction of sp³-hybridized carbons (Fsp3) is 0.231. The van der Waals surface area contributed by atoms with Crippen LogP contribution in [0.5, 0.6) is 0 Å². The van der Waals surface area contributed by atoms with Crippen molar-refractivity contribution in [2.24, 2.45) is 0 Å². The summed E-state index contributed by atoms with van der Waals surface area (Å²) in [6, 6.07) is 3.35. The lowest BCUT2D eigenvalue weighted by Gasteiger charge is -2.27. The van der Waals surface area contributed by atoms with E-state index < -0.39 is 17.5 Å². The highest BCUT2D eigenvalue weighted by molar-refractivity contribution is 7.16.